The van der Waals surface area contributed by atoms with Gasteiger partial charge in [0.2, 0.25) is 0 Å². The van der Waals surface area contributed by atoms with Gasteiger partial charge in [-0.2, -0.15) is 5.10 Å². The number of nitrogens with zero attached hydrogens (tertiary/aromatic N) is 2. The Hall–Kier alpha value is -3.13. The Balaban J connectivity index is 1.44. The van der Waals surface area contributed by atoms with E-state index in [1.807, 2.05) is 19.1 Å². The lowest BCUT2D eigenvalue weighted by Gasteiger charge is -2.01. The van der Waals surface area contributed by atoms with E-state index in [0.29, 0.717) is 23.7 Å². The van der Waals surface area contributed by atoms with Gasteiger partial charge in [-0.15, -0.1) is 11.3 Å². The summed E-state index contributed by atoms with van der Waals surface area (Å²) < 4.78 is 10.6. The molecule has 126 valence electrons. The molecule has 4 heterocycles. The number of aromatic nitrogens is 3. The van der Waals surface area contributed by atoms with Crippen LogP contribution in [-0.4, -0.2) is 21.1 Å². The summed E-state index contributed by atoms with van der Waals surface area (Å²) in [6.07, 6.45) is 3.18. The Bertz CT molecular complexity index is 983. The molecule has 0 aliphatic heterocycles. The molecule has 4 rings (SSSR count). The third-order valence-corrected chi connectivity index (χ3v) is 4.80. The Labute approximate surface area is 146 Å². The van der Waals surface area contributed by atoms with Gasteiger partial charge in [0, 0.05) is 10.9 Å². The second kappa shape index (κ2) is 6.40. The molecule has 8 heteroatoms. The minimum Gasteiger partial charge on any atom is -0.463 e. The summed E-state index contributed by atoms with van der Waals surface area (Å²) in [7, 11) is 0. The first-order valence-corrected chi connectivity index (χ1v) is 8.40. The summed E-state index contributed by atoms with van der Waals surface area (Å²) in [6.45, 7) is 2.29. The Morgan fingerprint density at radius 3 is 2.72 bits per heavy atom. The lowest BCUT2D eigenvalue weighted by Crippen LogP contribution is -2.23. The molecule has 4 aromatic heterocycles. The third kappa shape index (κ3) is 3.11. The topological polar surface area (TPSA) is 97.0 Å². The SMILES string of the molecule is Cc1nc(-c2ccco2)sc1CNC(=O)c1cc(-c2ccco2)[nH]n1. The van der Waals surface area contributed by atoms with Crippen LogP contribution in [0.2, 0.25) is 0 Å². The summed E-state index contributed by atoms with van der Waals surface area (Å²) >= 11 is 1.49. The van der Waals surface area contributed by atoms with Crippen molar-refractivity contribution < 1.29 is 13.6 Å². The molecule has 0 bridgehead atoms. The number of rotatable bonds is 5. The number of furan rings is 2. The minimum atomic E-state index is -0.263. The molecular weight excluding hydrogens is 340 g/mol. The van der Waals surface area contributed by atoms with E-state index in [9.17, 15) is 4.79 Å². The summed E-state index contributed by atoms with van der Waals surface area (Å²) in [5.41, 5.74) is 1.83. The van der Waals surface area contributed by atoms with Gasteiger partial charge >= 0.3 is 0 Å². The molecule has 0 atom stereocenters. The van der Waals surface area contributed by atoms with Gasteiger partial charge in [-0.25, -0.2) is 4.98 Å². The lowest BCUT2D eigenvalue weighted by atomic mass is 10.3. The van der Waals surface area contributed by atoms with Gasteiger partial charge in [0.25, 0.3) is 5.91 Å². The number of nitrogens with one attached hydrogen (secondary N) is 2. The lowest BCUT2D eigenvalue weighted by molar-refractivity contribution is 0.0946. The largest absolute Gasteiger partial charge is 0.463 e. The van der Waals surface area contributed by atoms with Gasteiger partial charge in [-0.3, -0.25) is 9.89 Å². The van der Waals surface area contributed by atoms with Crippen LogP contribution in [-0.2, 0) is 6.54 Å². The third-order valence-electron chi connectivity index (χ3n) is 3.63. The second-order valence-corrected chi connectivity index (χ2v) is 6.42. The van der Waals surface area contributed by atoms with Crippen molar-refractivity contribution in [2.24, 2.45) is 0 Å². The van der Waals surface area contributed by atoms with E-state index in [-0.39, 0.29) is 5.91 Å². The van der Waals surface area contributed by atoms with Crippen molar-refractivity contribution in [2.75, 3.05) is 0 Å². The quantitative estimate of drug-likeness (QED) is 0.570. The number of hydrogen-bond donors (Lipinski definition) is 2. The van der Waals surface area contributed by atoms with E-state index in [1.54, 1.807) is 30.7 Å². The minimum absolute atomic E-state index is 0.263. The maximum Gasteiger partial charge on any atom is 0.272 e. The number of hydrogen-bond acceptors (Lipinski definition) is 6. The highest BCUT2D eigenvalue weighted by atomic mass is 32.1. The van der Waals surface area contributed by atoms with Gasteiger partial charge < -0.3 is 14.2 Å². The molecule has 7 nitrogen and oxygen atoms in total. The predicted molar refractivity (Wildman–Crippen MR) is 92.0 cm³/mol. The van der Waals surface area contributed by atoms with Crippen LogP contribution in [0.5, 0.6) is 0 Å². The monoisotopic (exact) mass is 354 g/mol. The maximum atomic E-state index is 12.3. The van der Waals surface area contributed by atoms with Crippen molar-refractivity contribution in [3.8, 4) is 22.2 Å². The molecule has 4 aromatic rings. The Morgan fingerprint density at radius 2 is 2.00 bits per heavy atom. The zero-order valence-corrected chi connectivity index (χ0v) is 14.1. The van der Waals surface area contributed by atoms with Crippen LogP contribution in [0, 0.1) is 6.92 Å². The second-order valence-electron chi connectivity index (χ2n) is 5.33. The first kappa shape index (κ1) is 15.4. The molecule has 0 unspecified atom stereocenters. The van der Waals surface area contributed by atoms with Crippen molar-refractivity contribution in [2.45, 2.75) is 13.5 Å². The maximum absolute atomic E-state index is 12.3. The van der Waals surface area contributed by atoms with Crippen molar-refractivity contribution >= 4 is 17.2 Å². The average molecular weight is 354 g/mol. The van der Waals surface area contributed by atoms with E-state index < -0.39 is 0 Å². The molecule has 0 spiro atoms. The van der Waals surface area contributed by atoms with Crippen LogP contribution in [0.3, 0.4) is 0 Å². The fourth-order valence-electron chi connectivity index (χ4n) is 2.34. The molecule has 0 aliphatic carbocycles. The highest BCUT2D eigenvalue weighted by Gasteiger charge is 2.15. The standard InChI is InChI=1S/C17H14N4O3S/c1-10-15(25-17(19-10)14-5-3-7-24-14)9-18-16(22)12-8-11(20-21-12)13-4-2-6-23-13/h2-8H,9H2,1H3,(H,18,22)(H,20,21). The highest BCUT2D eigenvalue weighted by Crippen LogP contribution is 2.28. The summed E-state index contributed by atoms with van der Waals surface area (Å²) in [5, 5.41) is 10.5. The normalized spacial score (nSPS) is 10.9. The van der Waals surface area contributed by atoms with E-state index in [4.69, 9.17) is 8.83 Å². The van der Waals surface area contributed by atoms with Gasteiger partial charge in [0.1, 0.15) is 5.69 Å². The number of aryl methyl sites for hydroxylation is 1. The van der Waals surface area contributed by atoms with Crippen LogP contribution in [0.25, 0.3) is 22.2 Å². The van der Waals surface area contributed by atoms with E-state index in [0.717, 1.165) is 21.3 Å². The molecule has 0 saturated carbocycles. The molecule has 0 aliphatic rings. The van der Waals surface area contributed by atoms with Crippen molar-refractivity contribution in [3.05, 3.63) is 59.1 Å². The summed E-state index contributed by atoms with van der Waals surface area (Å²) in [4.78, 5) is 17.7. The van der Waals surface area contributed by atoms with Crippen molar-refractivity contribution in [1.29, 1.82) is 0 Å². The zero-order chi connectivity index (χ0) is 17.2. The van der Waals surface area contributed by atoms with Crippen LogP contribution in [0.4, 0.5) is 0 Å². The summed E-state index contributed by atoms with van der Waals surface area (Å²) in [5.74, 6) is 1.09. The average Bonchev–Trinajstić information content (AvgIpc) is 3.39. The smallest absolute Gasteiger partial charge is 0.272 e. The Morgan fingerprint density at radius 1 is 1.24 bits per heavy atom. The molecule has 0 radical (unpaired) electrons. The molecule has 0 aromatic carbocycles. The molecule has 0 saturated heterocycles. The summed E-state index contributed by atoms with van der Waals surface area (Å²) in [6, 6.07) is 8.91. The first-order chi connectivity index (χ1) is 12.2. The van der Waals surface area contributed by atoms with Gasteiger partial charge in [0.05, 0.1) is 24.8 Å². The van der Waals surface area contributed by atoms with Crippen LogP contribution < -0.4 is 5.32 Å². The fraction of sp³-hybridized carbons (Fsp3) is 0.118. The van der Waals surface area contributed by atoms with Crippen LogP contribution >= 0.6 is 11.3 Å². The van der Waals surface area contributed by atoms with Gasteiger partial charge in [-0.05, 0) is 31.2 Å². The number of H-pyrrole nitrogens is 1. The van der Waals surface area contributed by atoms with E-state index in [2.05, 4.69) is 20.5 Å². The number of amides is 1. The number of carbonyl (C=O) groups is 1. The molecule has 25 heavy (non-hydrogen) atoms. The zero-order valence-electron chi connectivity index (χ0n) is 13.3. The van der Waals surface area contributed by atoms with Crippen molar-refractivity contribution in [3.63, 3.8) is 0 Å². The van der Waals surface area contributed by atoms with Gasteiger partial charge in [0.15, 0.2) is 22.2 Å². The highest BCUT2D eigenvalue weighted by molar-refractivity contribution is 7.15. The molecule has 2 N–H and O–H groups in total. The Kier molecular flexibility index (Phi) is 3.95. The van der Waals surface area contributed by atoms with Crippen molar-refractivity contribution in [1.82, 2.24) is 20.5 Å². The molecular formula is C17H14N4O3S. The number of thiazole rings is 1. The molecule has 1 amide bonds. The van der Waals surface area contributed by atoms with Crippen LogP contribution in [0.1, 0.15) is 21.1 Å². The van der Waals surface area contributed by atoms with E-state index >= 15 is 0 Å². The number of aromatic amines is 1. The fourth-order valence-corrected chi connectivity index (χ4v) is 3.32. The molecule has 0 fully saturated rings. The predicted octanol–water partition coefficient (Wildman–Crippen LogP) is 3.62. The van der Waals surface area contributed by atoms with Gasteiger partial charge in [-0.1, -0.05) is 0 Å². The number of carbonyl (C=O) groups excluding carboxylic acids is 1. The van der Waals surface area contributed by atoms with E-state index in [1.165, 1.54) is 11.3 Å². The van der Waals surface area contributed by atoms with Crippen LogP contribution in [0.15, 0.2) is 51.7 Å². The first-order valence-electron chi connectivity index (χ1n) is 7.58.